The van der Waals surface area contributed by atoms with E-state index >= 15 is 0 Å². The Morgan fingerprint density at radius 1 is 1.43 bits per heavy atom. The highest BCUT2D eigenvalue weighted by molar-refractivity contribution is 6.33. The van der Waals surface area contributed by atoms with Crippen LogP contribution in [0.15, 0.2) is 36.7 Å². The monoisotopic (exact) mass is 306 g/mol. The molecule has 0 bridgehead atoms. The van der Waals surface area contributed by atoms with Gasteiger partial charge in [-0.1, -0.05) is 11.6 Å². The number of aliphatic hydroxyl groups excluding tert-OH is 1. The van der Waals surface area contributed by atoms with Gasteiger partial charge in [-0.2, -0.15) is 0 Å². The quantitative estimate of drug-likeness (QED) is 0.655. The van der Waals surface area contributed by atoms with Crippen molar-refractivity contribution in [2.45, 2.75) is 12.5 Å². The van der Waals surface area contributed by atoms with Crippen LogP contribution in [0.4, 0.5) is 5.69 Å². The molecule has 6 heteroatoms. The first-order valence-electron chi connectivity index (χ1n) is 6.27. The Morgan fingerprint density at radius 3 is 2.71 bits per heavy atom. The van der Waals surface area contributed by atoms with Crippen LogP contribution >= 0.6 is 11.6 Å². The first-order chi connectivity index (χ1) is 10.0. The number of aromatic nitrogens is 1. The number of hydrogen-bond donors (Lipinski definition) is 2. The molecule has 1 heterocycles. The number of benzene rings is 1. The second-order valence-electron chi connectivity index (χ2n) is 4.50. The predicted molar refractivity (Wildman–Crippen MR) is 80.6 cm³/mol. The van der Waals surface area contributed by atoms with E-state index in [0.29, 0.717) is 22.6 Å². The van der Waals surface area contributed by atoms with Crippen molar-refractivity contribution in [3.05, 3.63) is 52.8 Å². The molecule has 0 saturated heterocycles. The Kier molecular flexibility index (Phi) is 4.77. The lowest BCUT2D eigenvalue weighted by molar-refractivity contribution is 0.0877. The standard InChI is InChI=1S/C15H15ClN2O3/c1-21-15-7-12(17)11(16)6-10(15)14(20)8-13(19)9-2-4-18-5-3-9/h2-7,13,19H,8,17H2,1H3. The smallest absolute Gasteiger partial charge is 0.169 e. The molecule has 0 aliphatic heterocycles. The van der Waals surface area contributed by atoms with Crippen molar-refractivity contribution in [3.63, 3.8) is 0 Å². The summed E-state index contributed by atoms with van der Waals surface area (Å²) in [5.74, 6) is 0.0573. The minimum absolute atomic E-state index is 0.0827. The third-order valence-corrected chi connectivity index (χ3v) is 3.42. The highest BCUT2D eigenvalue weighted by Crippen LogP contribution is 2.31. The maximum absolute atomic E-state index is 12.3. The molecule has 2 rings (SSSR count). The average Bonchev–Trinajstić information content (AvgIpc) is 2.50. The van der Waals surface area contributed by atoms with Crippen LogP contribution in [0.2, 0.25) is 5.02 Å². The van der Waals surface area contributed by atoms with Gasteiger partial charge in [0.05, 0.1) is 29.5 Å². The van der Waals surface area contributed by atoms with Crippen molar-refractivity contribution in [2.75, 3.05) is 12.8 Å². The fraction of sp³-hybridized carbons (Fsp3) is 0.200. The Labute approximate surface area is 127 Å². The molecule has 21 heavy (non-hydrogen) atoms. The molecule has 5 nitrogen and oxygen atoms in total. The summed E-state index contributed by atoms with van der Waals surface area (Å²) in [5, 5.41) is 10.4. The number of carbonyl (C=O) groups excluding carboxylic acids is 1. The van der Waals surface area contributed by atoms with Crippen molar-refractivity contribution in [1.82, 2.24) is 4.98 Å². The molecule has 1 aromatic heterocycles. The van der Waals surface area contributed by atoms with Gasteiger partial charge in [0.2, 0.25) is 0 Å². The number of Topliss-reactive ketones (excluding diaryl/α,β-unsaturated/α-hetero) is 1. The second kappa shape index (κ2) is 6.56. The Hall–Kier alpha value is -2.11. The van der Waals surface area contributed by atoms with E-state index in [1.165, 1.54) is 19.2 Å². The van der Waals surface area contributed by atoms with Crippen LogP contribution in [0.25, 0.3) is 0 Å². The second-order valence-corrected chi connectivity index (χ2v) is 4.90. The first-order valence-corrected chi connectivity index (χ1v) is 6.65. The van der Waals surface area contributed by atoms with Gasteiger partial charge in [0.25, 0.3) is 0 Å². The molecule has 110 valence electrons. The zero-order valence-corrected chi connectivity index (χ0v) is 12.2. The maximum atomic E-state index is 12.3. The number of halogens is 1. The minimum Gasteiger partial charge on any atom is -0.496 e. The highest BCUT2D eigenvalue weighted by Gasteiger charge is 2.19. The summed E-state index contributed by atoms with van der Waals surface area (Å²) < 4.78 is 5.14. The van der Waals surface area contributed by atoms with Crippen molar-refractivity contribution < 1.29 is 14.6 Å². The maximum Gasteiger partial charge on any atom is 0.169 e. The van der Waals surface area contributed by atoms with Crippen LogP contribution in [0.1, 0.15) is 28.4 Å². The molecular formula is C15H15ClN2O3. The van der Waals surface area contributed by atoms with Gasteiger partial charge in [0, 0.05) is 24.9 Å². The van der Waals surface area contributed by atoms with Crippen LogP contribution in [-0.2, 0) is 0 Å². The van der Waals surface area contributed by atoms with Gasteiger partial charge in [-0.3, -0.25) is 9.78 Å². The van der Waals surface area contributed by atoms with Gasteiger partial charge in [0.15, 0.2) is 5.78 Å². The van der Waals surface area contributed by atoms with Crippen LogP contribution in [0, 0.1) is 0 Å². The summed E-state index contributed by atoms with van der Waals surface area (Å²) >= 11 is 5.94. The van der Waals surface area contributed by atoms with Crippen molar-refractivity contribution in [1.29, 1.82) is 0 Å². The van der Waals surface area contributed by atoms with Crippen LogP contribution in [-0.4, -0.2) is 23.0 Å². The molecule has 1 unspecified atom stereocenters. The molecule has 0 fully saturated rings. The molecule has 1 atom stereocenters. The van der Waals surface area contributed by atoms with E-state index in [9.17, 15) is 9.90 Å². The summed E-state index contributed by atoms with van der Waals surface area (Å²) in [7, 11) is 1.44. The van der Waals surface area contributed by atoms with E-state index < -0.39 is 6.10 Å². The van der Waals surface area contributed by atoms with E-state index in [0.717, 1.165) is 0 Å². The summed E-state index contributed by atoms with van der Waals surface area (Å²) in [5.41, 5.74) is 6.93. The minimum atomic E-state index is -0.915. The van der Waals surface area contributed by atoms with Gasteiger partial charge in [-0.05, 0) is 23.8 Å². The average molecular weight is 307 g/mol. The number of methoxy groups -OCH3 is 1. The third-order valence-electron chi connectivity index (χ3n) is 3.09. The number of aliphatic hydroxyl groups is 1. The zero-order valence-electron chi connectivity index (χ0n) is 11.4. The van der Waals surface area contributed by atoms with Crippen LogP contribution in [0.5, 0.6) is 5.75 Å². The predicted octanol–water partition coefficient (Wildman–Crippen LogP) is 2.63. The van der Waals surface area contributed by atoms with Crippen LogP contribution in [0.3, 0.4) is 0 Å². The van der Waals surface area contributed by atoms with Gasteiger partial charge in [-0.25, -0.2) is 0 Å². The number of pyridine rings is 1. The molecule has 2 aromatic rings. The highest BCUT2D eigenvalue weighted by atomic mass is 35.5. The lowest BCUT2D eigenvalue weighted by atomic mass is 10.00. The van der Waals surface area contributed by atoms with E-state index in [-0.39, 0.29) is 17.2 Å². The van der Waals surface area contributed by atoms with Gasteiger partial charge >= 0.3 is 0 Å². The normalized spacial score (nSPS) is 12.0. The summed E-state index contributed by atoms with van der Waals surface area (Å²) in [6.45, 7) is 0. The zero-order chi connectivity index (χ0) is 15.4. The van der Waals surface area contributed by atoms with Gasteiger partial charge in [-0.15, -0.1) is 0 Å². The number of rotatable bonds is 5. The number of ether oxygens (including phenoxy) is 1. The van der Waals surface area contributed by atoms with E-state index in [1.807, 2.05) is 0 Å². The number of nitrogens with two attached hydrogens (primary N) is 1. The molecule has 0 aliphatic carbocycles. The number of nitrogen functional groups attached to an aromatic ring is 1. The molecule has 0 radical (unpaired) electrons. The molecule has 1 aromatic carbocycles. The number of hydrogen-bond acceptors (Lipinski definition) is 5. The van der Waals surface area contributed by atoms with Crippen molar-refractivity contribution in [2.24, 2.45) is 0 Å². The lowest BCUT2D eigenvalue weighted by Crippen LogP contribution is -2.09. The van der Waals surface area contributed by atoms with Crippen molar-refractivity contribution >= 4 is 23.1 Å². The van der Waals surface area contributed by atoms with Gasteiger partial charge in [0.1, 0.15) is 5.75 Å². The van der Waals surface area contributed by atoms with Crippen molar-refractivity contribution in [3.8, 4) is 5.75 Å². The first kappa shape index (κ1) is 15.3. The largest absolute Gasteiger partial charge is 0.496 e. The number of anilines is 1. The molecule has 0 saturated carbocycles. The van der Waals surface area contributed by atoms with E-state index in [2.05, 4.69) is 4.98 Å². The van der Waals surface area contributed by atoms with Crippen LogP contribution < -0.4 is 10.5 Å². The Morgan fingerprint density at radius 2 is 2.10 bits per heavy atom. The molecule has 0 spiro atoms. The fourth-order valence-corrected chi connectivity index (χ4v) is 2.11. The third kappa shape index (κ3) is 3.51. The Balaban J connectivity index is 2.23. The van der Waals surface area contributed by atoms with Gasteiger partial charge < -0.3 is 15.6 Å². The van der Waals surface area contributed by atoms with E-state index in [4.69, 9.17) is 22.1 Å². The summed E-state index contributed by atoms with van der Waals surface area (Å²) in [6, 6.07) is 6.27. The fourth-order valence-electron chi connectivity index (χ4n) is 1.94. The number of ketones is 1. The molecule has 0 aliphatic rings. The molecule has 3 N–H and O–H groups in total. The molecule has 0 amide bonds. The number of nitrogens with zero attached hydrogens (tertiary/aromatic N) is 1. The molecular weight excluding hydrogens is 292 g/mol. The topological polar surface area (TPSA) is 85.4 Å². The SMILES string of the molecule is COc1cc(N)c(Cl)cc1C(=O)CC(O)c1ccncc1. The lowest BCUT2D eigenvalue weighted by Gasteiger charge is -2.13. The Bertz CT molecular complexity index is 647. The van der Waals surface area contributed by atoms with E-state index in [1.54, 1.807) is 24.5 Å². The number of carbonyl (C=O) groups is 1. The summed E-state index contributed by atoms with van der Waals surface area (Å²) in [4.78, 5) is 16.2. The summed E-state index contributed by atoms with van der Waals surface area (Å²) in [6.07, 6.45) is 2.12.